The van der Waals surface area contributed by atoms with E-state index in [1.54, 1.807) is 0 Å². The Morgan fingerprint density at radius 1 is 1.05 bits per heavy atom. The SMILES string of the molecule is Cc1ccc(F)c(C(O)c2ccc(Cl)cc2F)c1F. The van der Waals surface area contributed by atoms with E-state index in [9.17, 15) is 18.3 Å². The quantitative estimate of drug-likeness (QED) is 0.879. The lowest BCUT2D eigenvalue weighted by Crippen LogP contribution is -2.09. The van der Waals surface area contributed by atoms with E-state index in [1.165, 1.54) is 25.1 Å². The highest BCUT2D eigenvalue weighted by molar-refractivity contribution is 6.30. The van der Waals surface area contributed by atoms with Crippen LogP contribution in [-0.4, -0.2) is 5.11 Å². The molecular formula is C14H10ClF3O. The van der Waals surface area contributed by atoms with E-state index in [0.717, 1.165) is 12.1 Å². The topological polar surface area (TPSA) is 20.2 Å². The fraction of sp³-hybridized carbons (Fsp3) is 0.143. The van der Waals surface area contributed by atoms with E-state index in [2.05, 4.69) is 0 Å². The van der Waals surface area contributed by atoms with Crippen LogP contribution in [0.1, 0.15) is 22.8 Å². The maximum Gasteiger partial charge on any atom is 0.135 e. The smallest absolute Gasteiger partial charge is 0.135 e. The van der Waals surface area contributed by atoms with Crippen LogP contribution in [-0.2, 0) is 0 Å². The lowest BCUT2D eigenvalue weighted by molar-refractivity contribution is 0.204. The second kappa shape index (κ2) is 5.23. The zero-order chi connectivity index (χ0) is 14.2. The molecule has 0 saturated carbocycles. The van der Waals surface area contributed by atoms with E-state index in [4.69, 9.17) is 11.6 Å². The Morgan fingerprint density at radius 3 is 2.37 bits per heavy atom. The Bertz CT molecular complexity index is 628. The third-order valence-electron chi connectivity index (χ3n) is 2.85. The summed E-state index contributed by atoms with van der Waals surface area (Å²) in [6.45, 7) is 1.43. The summed E-state index contributed by atoms with van der Waals surface area (Å²) < 4.78 is 41.2. The van der Waals surface area contributed by atoms with Gasteiger partial charge in [-0.1, -0.05) is 23.7 Å². The largest absolute Gasteiger partial charge is 0.383 e. The molecule has 1 unspecified atom stereocenters. The molecule has 19 heavy (non-hydrogen) atoms. The normalized spacial score (nSPS) is 12.5. The van der Waals surface area contributed by atoms with E-state index in [0.29, 0.717) is 0 Å². The van der Waals surface area contributed by atoms with Crippen molar-refractivity contribution in [2.75, 3.05) is 0 Å². The van der Waals surface area contributed by atoms with Gasteiger partial charge in [-0.3, -0.25) is 0 Å². The number of hydrogen-bond donors (Lipinski definition) is 1. The predicted octanol–water partition coefficient (Wildman–Crippen LogP) is 4.15. The molecule has 1 atom stereocenters. The van der Waals surface area contributed by atoms with Crippen LogP contribution in [0.15, 0.2) is 30.3 Å². The zero-order valence-corrected chi connectivity index (χ0v) is 10.7. The molecule has 0 radical (unpaired) electrons. The van der Waals surface area contributed by atoms with Gasteiger partial charge in [0.25, 0.3) is 0 Å². The summed E-state index contributed by atoms with van der Waals surface area (Å²) in [5, 5.41) is 10.1. The van der Waals surface area contributed by atoms with Crippen molar-refractivity contribution in [3.05, 3.63) is 69.5 Å². The Balaban J connectivity index is 2.56. The molecule has 2 rings (SSSR count). The minimum atomic E-state index is -1.72. The highest BCUT2D eigenvalue weighted by Crippen LogP contribution is 2.30. The maximum atomic E-state index is 13.9. The van der Waals surface area contributed by atoms with Gasteiger partial charge in [0, 0.05) is 10.6 Å². The second-order valence-corrected chi connectivity index (χ2v) is 4.60. The lowest BCUT2D eigenvalue weighted by Gasteiger charge is -2.15. The fourth-order valence-corrected chi connectivity index (χ4v) is 1.97. The third-order valence-corrected chi connectivity index (χ3v) is 3.09. The molecule has 0 amide bonds. The summed E-state index contributed by atoms with van der Waals surface area (Å²) in [7, 11) is 0. The molecule has 1 nitrogen and oxygen atoms in total. The van der Waals surface area contributed by atoms with Crippen LogP contribution in [0.5, 0.6) is 0 Å². The van der Waals surface area contributed by atoms with Crippen LogP contribution >= 0.6 is 11.6 Å². The Labute approximate surface area is 113 Å². The number of aliphatic hydroxyl groups is 1. The Morgan fingerprint density at radius 2 is 1.74 bits per heavy atom. The van der Waals surface area contributed by atoms with Crippen LogP contribution in [0.3, 0.4) is 0 Å². The van der Waals surface area contributed by atoms with E-state index in [-0.39, 0.29) is 16.1 Å². The molecule has 100 valence electrons. The zero-order valence-electron chi connectivity index (χ0n) is 9.92. The van der Waals surface area contributed by atoms with Crippen molar-refractivity contribution in [2.24, 2.45) is 0 Å². The molecule has 5 heteroatoms. The van der Waals surface area contributed by atoms with Crippen LogP contribution in [0, 0.1) is 24.4 Å². The molecule has 1 N–H and O–H groups in total. The summed E-state index contributed by atoms with van der Waals surface area (Å²) in [5.41, 5.74) is -0.626. The summed E-state index contributed by atoms with van der Waals surface area (Å²) in [4.78, 5) is 0. The number of aryl methyl sites for hydroxylation is 1. The molecule has 0 spiro atoms. The van der Waals surface area contributed by atoms with Gasteiger partial charge in [0.05, 0.1) is 5.56 Å². The minimum absolute atomic E-state index is 0.138. The van der Waals surface area contributed by atoms with Gasteiger partial charge < -0.3 is 5.11 Å². The van der Waals surface area contributed by atoms with Crippen LogP contribution in [0.25, 0.3) is 0 Å². The molecule has 0 heterocycles. The molecule has 0 fully saturated rings. The minimum Gasteiger partial charge on any atom is -0.383 e. The van der Waals surface area contributed by atoms with Crippen LogP contribution in [0.2, 0.25) is 5.02 Å². The second-order valence-electron chi connectivity index (χ2n) is 4.16. The van der Waals surface area contributed by atoms with Crippen molar-refractivity contribution in [1.82, 2.24) is 0 Å². The monoisotopic (exact) mass is 286 g/mol. The average molecular weight is 287 g/mol. The number of hydrogen-bond acceptors (Lipinski definition) is 1. The lowest BCUT2D eigenvalue weighted by atomic mass is 9.98. The molecule has 2 aromatic rings. The molecule has 0 aromatic heterocycles. The third kappa shape index (κ3) is 2.60. The first kappa shape index (κ1) is 13.9. The average Bonchev–Trinajstić information content (AvgIpc) is 2.34. The first-order valence-corrected chi connectivity index (χ1v) is 5.87. The molecule has 0 aliphatic heterocycles. The Hall–Kier alpha value is -1.52. The molecular weight excluding hydrogens is 277 g/mol. The first-order chi connectivity index (χ1) is 8.91. The van der Waals surface area contributed by atoms with Gasteiger partial charge in [-0.2, -0.15) is 0 Å². The van der Waals surface area contributed by atoms with E-state index < -0.39 is 29.1 Å². The number of halogens is 4. The van der Waals surface area contributed by atoms with Crippen molar-refractivity contribution in [1.29, 1.82) is 0 Å². The standard InChI is InChI=1S/C14H10ClF3O/c1-7-2-5-10(16)12(13(7)18)14(19)9-4-3-8(15)6-11(9)17/h2-6,14,19H,1H3. The molecule has 0 saturated heterocycles. The molecule has 0 aliphatic rings. The van der Waals surface area contributed by atoms with Crippen LogP contribution in [0.4, 0.5) is 13.2 Å². The predicted molar refractivity (Wildman–Crippen MR) is 66.6 cm³/mol. The van der Waals surface area contributed by atoms with Gasteiger partial charge in [0.2, 0.25) is 0 Å². The van der Waals surface area contributed by atoms with E-state index in [1.807, 2.05) is 0 Å². The van der Waals surface area contributed by atoms with Gasteiger partial charge in [-0.05, 0) is 30.7 Å². The van der Waals surface area contributed by atoms with Gasteiger partial charge >= 0.3 is 0 Å². The highest BCUT2D eigenvalue weighted by atomic mass is 35.5. The number of aliphatic hydroxyl groups excluding tert-OH is 1. The summed E-state index contributed by atoms with van der Waals surface area (Å²) in [6.07, 6.45) is -1.72. The summed E-state index contributed by atoms with van der Waals surface area (Å²) in [6, 6.07) is 5.80. The highest BCUT2D eigenvalue weighted by Gasteiger charge is 2.23. The molecule has 2 aromatic carbocycles. The molecule has 0 bridgehead atoms. The number of rotatable bonds is 2. The Kier molecular flexibility index (Phi) is 3.83. The fourth-order valence-electron chi connectivity index (χ4n) is 1.81. The summed E-state index contributed by atoms with van der Waals surface area (Å²) in [5.74, 6) is -2.63. The number of benzene rings is 2. The molecule has 0 aliphatic carbocycles. The van der Waals surface area contributed by atoms with Gasteiger partial charge in [-0.25, -0.2) is 13.2 Å². The maximum absolute atomic E-state index is 13.9. The van der Waals surface area contributed by atoms with E-state index >= 15 is 0 Å². The summed E-state index contributed by atoms with van der Waals surface area (Å²) >= 11 is 5.59. The van der Waals surface area contributed by atoms with Crippen molar-refractivity contribution in [3.8, 4) is 0 Å². The van der Waals surface area contributed by atoms with Crippen molar-refractivity contribution in [2.45, 2.75) is 13.0 Å². The first-order valence-electron chi connectivity index (χ1n) is 5.49. The van der Waals surface area contributed by atoms with Crippen molar-refractivity contribution < 1.29 is 18.3 Å². The van der Waals surface area contributed by atoms with Gasteiger partial charge in [-0.15, -0.1) is 0 Å². The van der Waals surface area contributed by atoms with Crippen LogP contribution < -0.4 is 0 Å². The van der Waals surface area contributed by atoms with Gasteiger partial charge in [0.1, 0.15) is 23.6 Å². The van der Waals surface area contributed by atoms with Crippen molar-refractivity contribution in [3.63, 3.8) is 0 Å². The van der Waals surface area contributed by atoms with Gasteiger partial charge in [0.15, 0.2) is 0 Å². The van der Waals surface area contributed by atoms with Crippen molar-refractivity contribution >= 4 is 11.6 Å².